The minimum absolute atomic E-state index is 0.409. The van der Waals surface area contributed by atoms with E-state index in [1.54, 1.807) is 25.2 Å². The third kappa shape index (κ3) is 2.38. The summed E-state index contributed by atoms with van der Waals surface area (Å²) in [5, 5.41) is 1.51. The maximum Gasteiger partial charge on any atom is 0.337 e. The second-order valence-corrected chi connectivity index (χ2v) is 2.95. The molecule has 0 saturated carbocycles. The average molecular weight is 210 g/mol. The summed E-state index contributed by atoms with van der Waals surface area (Å²) < 4.78 is 4.58. The van der Waals surface area contributed by atoms with Crippen LogP contribution in [0.25, 0.3) is 0 Å². The van der Waals surface area contributed by atoms with Gasteiger partial charge in [0.1, 0.15) is 0 Å². The van der Waals surface area contributed by atoms with E-state index in [4.69, 9.17) is 10.6 Å². The zero-order valence-corrected chi connectivity index (χ0v) is 8.98. The number of nitrogen functional groups attached to an aromatic ring is 1. The number of hydrogen-bond donors (Lipinski definition) is 1. The van der Waals surface area contributed by atoms with Crippen molar-refractivity contribution in [1.82, 2.24) is 0 Å². The van der Waals surface area contributed by atoms with E-state index in [0.717, 1.165) is 0 Å². The van der Waals surface area contributed by atoms with Gasteiger partial charge in [0.25, 0.3) is 0 Å². The zero-order chi connectivity index (χ0) is 11.4. The Kier molecular flexibility index (Phi) is 3.51. The fourth-order valence-electron chi connectivity index (χ4n) is 1.18. The van der Waals surface area contributed by atoms with Crippen molar-refractivity contribution in [1.29, 1.82) is 0 Å². The Morgan fingerprint density at radius 1 is 1.40 bits per heavy atom. The van der Waals surface area contributed by atoms with E-state index < -0.39 is 5.97 Å². The largest absolute Gasteiger partial charge is 0.465 e. The number of carbonyl (C=O) groups excluding carboxylic acids is 1. The van der Waals surface area contributed by atoms with Gasteiger partial charge in [0, 0.05) is 7.05 Å². The van der Waals surface area contributed by atoms with Crippen LogP contribution >= 0.6 is 0 Å². The standard InChI is InChI=1S/C10H14N2O3/c1-12(15-3)9-5-4-7(6-8(9)11)10(13)14-2/h4-6H,11H2,1-3H3. The van der Waals surface area contributed by atoms with Crippen LogP contribution < -0.4 is 10.8 Å². The number of anilines is 2. The van der Waals surface area contributed by atoms with Crippen molar-refractivity contribution in [3.63, 3.8) is 0 Å². The molecule has 1 aromatic carbocycles. The molecule has 82 valence electrons. The maximum atomic E-state index is 11.2. The molecule has 0 atom stereocenters. The minimum Gasteiger partial charge on any atom is -0.465 e. The van der Waals surface area contributed by atoms with Crippen LogP contribution in [0.5, 0.6) is 0 Å². The molecule has 0 fully saturated rings. The van der Waals surface area contributed by atoms with Crippen molar-refractivity contribution in [3.8, 4) is 0 Å². The first-order valence-electron chi connectivity index (χ1n) is 4.35. The lowest BCUT2D eigenvalue weighted by atomic mass is 10.2. The van der Waals surface area contributed by atoms with E-state index in [2.05, 4.69) is 4.74 Å². The molecule has 0 aromatic heterocycles. The predicted molar refractivity (Wildman–Crippen MR) is 57.6 cm³/mol. The van der Waals surface area contributed by atoms with Crippen molar-refractivity contribution in [2.45, 2.75) is 0 Å². The van der Waals surface area contributed by atoms with Gasteiger partial charge in [-0.2, -0.15) is 0 Å². The predicted octanol–water partition coefficient (Wildman–Crippen LogP) is 1.05. The summed E-state index contributed by atoms with van der Waals surface area (Å²) >= 11 is 0. The zero-order valence-electron chi connectivity index (χ0n) is 8.98. The molecule has 0 spiro atoms. The van der Waals surface area contributed by atoms with Crippen LogP contribution in [0.15, 0.2) is 18.2 Å². The summed E-state index contributed by atoms with van der Waals surface area (Å²) in [6.45, 7) is 0. The normalized spacial score (nSPS) is 9.80. The van der Waals surface area contributed by atoms with Crippen LogP contribution in [-0.4, -0.2) is 27.2 Å². The first-order chi connectivity index (χ1) is 7.10. The number of rotatable bonds is 3. The highest BCUT2D eigenvalue weighted by atomic mass is 16.7. The molecule has 5 heteroatoms. The Morgan fingerprint density at radius 3 is 2.53 bits per heavy atom. The fraction of sp³-hybridized carbons (Fsp3) is 0.300. The monoisotopic (exact) mass is 210 g/mol. The van der Waals surface area contributed by atoms with Gasteiger partial charge < -0.3 is 10.5 Å². The molecule has 0 aliphatic rings. The Hall–Kier alpha value is -1.75. The molecule has 15 heavy (non-hydrogen) atoms. The highest BCUT2D eigenvalue weighted by Crippen LogP contribution is 2.23. The Morgan fingerprint density at radius 2 is 2.07 bits per heavy atom. The van der Waals surface area contributed by atoms with Gasteiger partial charge in [-0.05, 0) is 18.2 Å². The van der Waals surface area contributed by atoms with Crippen molar-refractivity contribution >= 4 is 17.3 Å². The number of methoxy groups -OCH3 is 1. The van der Waals surface area contributed by atoms with Gasteiger partial charge in [-0.15, -0.1) is 0 Å². The van der Waals surface area contributed by atoms with Crippen LogP contribution in [0.1, 0.15) is 10.4 Å². The van der Waals surface area contributed by atoms with E-state index in [9.17, 15) is 4.79 Å². The molecule has 0 aliphatic carbocycles. The Labute approximate surface area is 88.3 Å². The number of hydrogen-bond acceptors (Lipinski definition) is 5. The fourth-order valence-corrected chi connectivity index (χ4v) is 1.18. The second-order valence-electron chi connectivity index (χ2n) is 2.95. The van der Waals surface area contributed by atoms with Crippen LogP contribution in [0.3, 0.4) is 0 Å². The molecule has 0 heterocycles. The van der Waals surface area contributed by atoms with Crippen LogP contribution in [-0.2, 0) is 9.57 Å². The smallest absolute Gasteiger partial charge is 0.337 e. The molecule has 0 aliphatic heterocycles. The molecule has 0 unspecified atom stereocenters. The molecule has 1 aromatic rings. The van der Waals surface area contributed by atoms with Gasteiger partial charge in [-0.1, -0.05) is 0 Å². The molecule has 0 saturated heterocycles. The van der Waals surface area contributed by atoms with Crippen LogP contribution in [0.4, 0.5) is 11.4 Å². The molecule has 0 amide bonds. The van der Waals surface area contributed by atoms with Gasteiger partial charge in [-0.3, -0.25) is 9.90 Å². The second kappa shape index (κ2) is 4.65. The maximum absolute atomic E-state index is 11.2. The average Bonchev–Trinajstić information content (AvgIpc) is 2.26. The SMILES string of the molecule is COC(=O)c1ccc(N(C)OC)c(N)c1. The number of esters is 1. The molecular weight excluding hydrogens is 196 g/mol. The van der Waals surface area contributed by atoms with Gasteiger partial charge in [0.05, 0.1) is 31.2 Å². The van der Waals surface area contributed by atoms with Crippen LogP contribution in [0.2, 0.25) is 0 Å². The summed E-state index contributed by atoms with van der Waals surface area (Å²) in [6, 6.07) is 4.88. The van der Waals surface area contributed by atoms with Crippen molar-refractivity contribution in [2.75, 3.05) is 32.1 Å². The molecule has 0 radical (unpaired) electrons. The molecular formula is C10H14N2O3. The summed E-state index contributed by atoms with van der Waals surface area (Å²) in [5.41, 5.74) is 7.34. The lowest BCUT2D eigenvalue weighted by Gasteiger charge is -2.18. The first-order valence-corrected chi connectivity index (χ1v) is 4.35. The van der Waals surface area contributed by atoms with E-state index >= 15 is 0 Å². The third-order valence-corrected chi connectivity index (χ3v) is 2.06. The van der Waals surface area contributed by atoms with E-state index in [-0.39, 0.29) is 0 Å². The number of hydroxylamine groups is 1. The lowest BCUT2D eigenvalue weighted by molar-refractivity contribution is 0.0600. The third-order valence-electron chi connectivity index (χ3n) is 2.06. The first kappa shape index (κ1) is 11.3. The molecule has 5 nitrogen and oxygen atoms in total. The summed E-state index contributed by atoms with van der Waals surface area (Å²) in [7, 11) is 4.59. The van der Waals surface area contributed by atoms with Gasteiger partial charge in [0.2, 0.25) is 0 Å². The summed E-state index contributed by atoms with van der Waals surface area (Å²) in [6.07, 6.45) is 0. The van der Waals surface area contributed by atoms with Crippen molar-refractivity contribution in [3.05, 3.63) is 23.8 Å². The van der Waals surface area contributed by atoms with Crippen LogP contribution in [0, 0.1) is 0 Å². The highest BCUT2D eigenvalue weighted by molar-refractivity contribution is 5.91. The van der Waals surface area contributed by atoms with E-state index in [1.807, 2.05) is 0 Å². The van der Waals surface area contributed by atoms with E-state index in [0.29, 0.717) is 16.9 Å². The molecule has 1 rings (SSSR count). The van der Waals surface area contributed by atoms with Gasteiger partial charge >= 0.3 is 5.97 Å². The molecule has 0 bridgehead atoms. The lowest BCUT2D eigenvalue weighted by Crippen LogP contribution is -2.16. The number of ether oxygens (including phenoxy) is 1. The topological polar surface area (TPSA) is 64.8 Å². The number of nitrogens with two attached hydrogens (primary N) is 1. The highest BCUT2D eigenvalue weighted by Gasteiger charge is 2.10. The Balaban J connectivity index is 3.03. The Bertz CT molecular complexity index is 366. The quantitative estimate of drug-likeness (QED) is 0.459. The number of benzene rings is 1. The van der Waals surface area contributed by atoms with Crippen molar-refractivity contribution < 1.29 is 14.4 Å². The van der Waals surface area contributed by atoms with Crippen molar-refractivity contribution in [2.24, 2.45) is 0 Å². The van der Waals surface area contributed by atoms with E-state index in [1.165, 1.54) is 19.3 Å². The number of carbonyl (C=O) groups is 1. The summed E-state index contributed by atoms with van der Waals surface area (Å²) in [4.78, 5) is 16.2. The van der Waals surface area contributed by atoms with Gasteiger partial charge in [0.15, 0.2) is 0 Å². The van der Waals surface area contributed by atoms with Gasteiger partial charge in [-0.25, -0.2) is 4.79 Å². The summed E-state index contributed by atoms with van der Waals surface area (Å²) in [5.74, 6) is -0.409. The minimum atomic E-state index is -0.409. The molecule has 2 N–H and O–H groups in total. The number of nitrogens with zero attached hydrogens (tertiary/aromatic N) is 1.